The summed E-state index contributed by atoms with van der Waals surface area (Å²) in [6, 6.07) is 14.2. The van der Waals surface area contributed by atoms with Gasteiger partial charge in [-0.15, -0.1) is 0 Å². The summed E-state index contributed by atoms with van der Waals surface area (Å²) in [5.41, 5.74) is 2.18. The highest BCUT2D eigenvalue weighted by molar-refractivity contribution is 6.08. The van der Waals surface area contributed by atoms with E-state index in [0.29, 0.717) is 5.75 Å². The number of hydrogen-bond donors (Lipinski definition) is 1. The van der Waals surface area contributed by atoms with Crippen molar-refractivity contribution in [3.63, 3.8) is 0 Å². The molecule has 0 aliphatic heterocycles. The number of ketones is 1. The average Bonchev–Trinajstić information content (AvgIpc) is 2.51. The summed E-state index contributed by atoms with van der Waals surface area (Å²) >= 11 is 0. The molecule has 3 heteroatoms. The van der Waals surface area contributed by atoms with Crippen LogP contribution in [-0.4, -0.2) is 10.9 Å². The fourth-order valence-corrected chi connectivity index (χ4v) is 1.80. The standard InChI is InChI=1S/C19H18O3/c1-14(2)13-22-16-9-10-17(19(21)12-16)18(20)11-8-15-6-4-3-5-7-15/h3-13,21H,1-2H3. The van der Waals surface area contributed by atoms with Crippen molar-refractivity contribution in [1.29, 1.82) is 0 Å². The molecule has 0 spiro atoms. The molecule has 0 saturated heterocycles. The molecule has 0 aliphatic rings. The first kappa shape index (κ1) is 15.6. The lowest BCUT2D eigenvalue weighted by Gasteiger charge is -2.05. The second-order valence-corrected chi connectivity index (χ2v) is 5.10. The van der Waals surface area contributed by atoms with Crippen molar-refractivity contribution in [2.75, 3.05) is 0 Å². The van der Waals surface area contributed by atoms with Crippen LogP contribution in [0.4, 0.5) is 0 Å². The van der Waals surface area contributed by atoms with Gasteiger partial charge in [0.15, 0.2) is 5.78 Å². The fourth-order valence-electron chi connectivity index (χ4n) is 1.80. The van der Waals surface area contributed by atoms with Crippen LogP contribution in [0.15, 0.2) is 66.4 Å². The van der Waals surface area contributed by atoms with Crippen LogP contribution < -0.4 is 4.74 Å². The first-order valence-electron chi connectivity index (χ1n) is 6.97. The van der Waals surface area contributed by atoms with Gasteiger partial charge in [0, 0.05) is 6.07 Å². The van der Waals surface area contributed by atoms with Gasteiger partial charge in [0.2, 0.25) is 0 Å². The van der Waals surface area contributed by atoms with Crippen LogP contribution in [0.3, 0.4) is 0 Å². The maximum Gasteiger partial charge on any atom is 0.189 e. The fraction of sp³-hybridized carbons (Fsp3) is 0.105. The number of carbonyl (C=O) groups excluding carboxylic acids is 1. The highest BCUT2D eigenvalue weighted by Gasteiger charge is 2.09. The van der Waals surface area contributed by atoms with Crippen LogP contribution in [0.1, 0.15) is 29.8 Å². The lowest BCUT2D eigenvalue weighted by molar-refractivity contribution is 0.104. The smallest absolute Gasteiger partial charge is 0.189 e. The van der Waals surface area contributed by atoms with Crippen molar-refractivity contribution in [1.82, 2.24) is 0 Å². The normalized spacial score (nSPS) is 10.5. The van der Waals surface area contributed by atoms with Crippen molar-refractivity contribution >= 4 is 11.9 Å². The highest BCUT2D eigenvalue weighted by Crippen LogP contribution is 2.25. The van der Waals surface area contributed by atoms with Crippen LogP contribution in [0.25, 0.3) is 6.08 Å². The summed E-state index contributed by atoms with van der Waals surface area (Å²) in [6.07, 6.45) is 4.75. The minimum atomic E-state index is -0.255. The number of rotatable bonds is 5. The van der Waals surface area contributed by atoms with E-state index < -0.39 is 0 Å². The van der Waals surface area contributed by atoms with Crippen molar-refractivity contribution in [2.45, 2.75) is 13.8 Å². The molecular weight excluding hydrogens is 276 g/mol. The van der Waals surface area contributed by atoms with Gasteiger partial charge in [0.1, 0.15) is 11.5 Å². The Morgan fingerprint density at radius 1 is 1.09 bits per heavy atom. The van der Waals surface area contributed by atoms with E-state index in [1.54, 1.807) is 24.5 Å². The quantitative estimate of drug-likeness (QED) is 0.498. The molecule has 0 saturated carbocycles. The first-order chi connectivity index (χ1) is 10.6. The number of hydrogen-bond acceptors (Lipinski definition) is 3. The van der Waals surface area contributed by atoms with E-state index in [4.69, 9.17) is 4.74 Å². The number of phenols is 1. The SMILES string of the molecule is CC(C)=COc1ccc(C(=O)C=Cc2ccccc2)c(O)c1. The first-order valence-corrected chi connectivity index (χ1v) is 6.97. The van der Waals surface area contributed by atoms with Gasteiger partial charge in [-0.05, 0) is 43.2 Å². The van der Waals surface area contributed by atoms with Crippen LogP contribution in [0, 0.1) is 0 Å². The topological polar surface area (TPSA) is 46.5 Å². The van der Waals surface area contributed by atoms with Gasteiger partial charge in [0.25, 0.3) is 0 Å². The molecule has 22 heavy (non-hydrogen) atoms. The van der Waals surface area contributed by atoms with E-state index in [9.17, 15) is 9.90 Å². The van der Waals surface area contributed by atoms with Gasteiger partial charge < -0.3 is 9.84 Å². The van der Waals surface area contributed by atoms with Crippen molar-refractivity contribution < 1.29 is 14.6 Å². The van der Waals surface area contributed by atoms with Gasteiger partial charge in [0.05, 0.1) is 11.8 Å². The largest absolute Gasteiger partial charge is 0.507 e. The molecule has 2 aromatic rings. The Labute approximate surface area is 130 Å². The molecule has 0 amide bonds. The molecular formula is C19H18O3. The van der Waals surface area contributed by atoms with E-state index in [1.165, 1.54) is 12.1 Å². The van der Waals surface area contributed by atoms with Crippen LogP contribution in [0.5, 0.6) is 11.5 Å². The van der Waals surface area contributed by atoms with Gasteiger partial charge in [-0.1, -0.05) is 36.4 Å². The third-order valence-electron chi connectivity index (χ3n) is 2.89. The Morgan fingerprint density at radius 3 is 2.45 bits per heavy atom. The molecule has 0 bridgehead atoms. The van der Waals surface area contributed by atoms with Crippen LogP contribution in [-0.2, 0) is 0 Å². The minimum absolute atomic E-state index is 0.0950. The number of allylic oxidation sites excluding steroid dienone is 2. The second-order valence-electron chi connectivity index (χ2n) is 5.10. The molecule has 112 valence electrons. The molecule has 0 heterocycles. The van der Waals surface area contributed by atoms with Gasteiger partial charge in [-0.2, -0.15) is 0 Å². The maximum absolute atomic E-state index is 12.1. The Morgan fingerprint density at radius 2 is 1.82 bits per heavy atom. The van der Waals surface area contributed by atoms with E-state index in [0.717, 1.165) is 11.1 Å². The molecule has 0 aliphatic carbocycles. The molecule has 0 fully saturated rings. The summed E-state index contributed by atoms with van der Waals surface area (Å²) in [6.45, 7) is 3.82. The molecule has 1 N–H and O–H groups in total. The number of benzene rings is 2. The van der Waals surface area contributed by atoms with Crippen LogP contribution >= 0.6 is 0 Å². The van der Waals surface area contributed by atoms with Gasteiger partial charge in [-0.25, -0.2) is 0 Å². The Balaban J connectivity index is 2.13. The maximum atomic E-state index is 12.1. The molecule has 0 radical (unpaired) electrons. The van der Waals surface area contributed by atoms with E-state index in [1.807, 2.05) is 44.2 Å². The Kier molecular flexibility index (Phi) is 5.15. The molecule has 2 aromatic carbocycles. The van der Waals surface area contributed by atoms with Gasteiger partial charge >= 0.3 is 0 Å². The highest BCUT2D eigenvalue weighted by atomic mass is 16.5. The molecule has 3 nitrogen and oxygen atoms in total. The number of phenolic OH excluding ortho intramolecular Hbond substituents is 1. The summed E-state index contributed by atoms with van der Waals surface area (Å²) in [4.78, 5) is 12.1. The number of ether oxygens (including phenoxy) is 1. The third-order valence-corrected chi connectivity index (χ3v) is 2.89. The average molecular weight is 294 g/mol. The van der Waals surface area contributed by atoms with Crippen molar-refractivity contribution in [3.8, 4) is 11.5 Å². The van der Waals surface area contributed by atoms with E-state index >= 15 is 0 Å². The number of carbonyl (C=O) groups is 1. The van der Waals surface area contributed by atoms with E-state index in [2.05, 4.69) is 0 Å². The Bertz CT molecular complexity index is 709. The summed E-state index contributed by atoms with van der Waals surface area (Å²) in [7, 11) is 0. The summed E-state index contributed by atoms with van der Waals surface area (Å²) < 4.78 is 5.36. The monoisotopic (exact) mass is 294 g/mol. The lowest BCUT2D eigenvalue weighted by atomic mass is 10.1. The molecule has 0 aromatic heterocycles. The predicted octanol–water partition coefficient (Wildman–Crippen LogP) is 4.59. The zero-order valence-electron chi connectivity index (χ0n) is 12.6. The van der Waals surface area contributed by atoms with Crippen LogP contribution in [0.2, 0.25) is 0 Å². The lowest BCUT2D eigenvalue weighted by Crippen LogP contribution is -1.95. The third kappa shape index (κ3) is 4.35. The molecule has 0 atom stereocenters. The zero-order chi connectivity index (χ0) is 15.9. The molecule has 0 unspecified atom stereocenters. The number of aromatic hydroxyl groups is 1. The second kappa shape index (κ2) is 7.27. The minimum Gasteiger partial charge on any atom is -0.507 e. The predicted molar refractivity (Wildman–Crippen MR) is 88.0 cm³/mol. The van der Waals surface area contributed by atoms with E-state index in [-0.39, 0.29) is 17.1 Å². The zero-order valence-corrected chi connectivity index (χ0v) is 12.6. The molecule has 2 rings (SSSR count). The van der Waals surface area contributed by atoms with Gasteiger partial charge in [-0.3, -0.25) is 4.79 Å². The Hall–Kier alpha value is -2.81. The van der Waals surface area contributed by atoms with Crippen molar-refractivity contribution in [2.24, 2.45) is 0 Å². The van der Waals surface area contributed by atoms with Crippen molar-refractivity contribution in [3.05, 3.63) is 77.6 Å². The summed E-state index contributed by atoms with van der Waals surface area (Å²) in [5.74, 6) is 0.139. The summed E-state index contributed by atoms with van der Waals surface area (Å²) in [5, 5.41) is 9.97.